The van der Waals surface area contributed by atoms with E-state index in [9.17, 15) is 9.59 Å². The third-order valence-electron chi connectivity index (χ3n) is 2.84. The zero-order chi connectivity index (χ0) is 13.0. The predicted octanol–water partition coefficient (Wildman–Crippen LogP) is 1.18. The molecule has 19 heavy (non-hydrogen) atoms. The van der Waals surface area contributed by atoms with E-state index in [1.165, 1.54) is 0 Å². The Bertz CT molecular complexity index is 476. The van der Waals surface area contributed by atoms with Crippen LogP contribution in [0.25, 0.3) is 0 Å². The average Bonchev–Trinajstić information content (AvgIpc) is 2.35. The molecule has 1 saturated heterocycles. The van der Waals surface area contributed by atoms with Gasteiger partial charge >= 0.3 is 5.97 Å². The van der Waals surface area contributed by atoms with Gasteiger partial charge in [-0.2, -0.15) is 30.6 Å². The fraction of sp³-hybridized carbons (Fsp3) is 0.308. The molecule has 5 nitrogen and oxygen atoms in total. The van der Waals surface area contributed by atoms with Crippen LogP contribution in [0.4, 0.5) is 5.69 Å². The molecule has 2 rings (SSSR count). The van der Waals surface area contributed by atoms with Crippen LogP contribution in [0.15, 0.2) is 29.3 Å². The van der Waals surface area contributed by atoms with Gasteiger partial charge in [0, 0.05) is 53.4 Å². The van der Waals surface area contributed by atoms with Gasteiger partial charge in [0.2, 0.25) is 0 Å². The Morgan fingerprint density at radius 2 is 2.37 bits per heavy atom. The Morgan fingerprint density at radius 1 is 1.58 bits per heavy atom. The number of amidine groups is 1. The van der Waals surface area contributed by atoms with E-state index in [4.69, 9.17) is 5.11 Å². The molecule has 0 aromatic heterocycles. The first-order valence-electron chi connectivity index (χ1n) is 5.62. The molecule has 1 fully saturated rings. The van der Waals surface area contributed by atoms with E-state index in [0.717, 1.165) is 6.42 Å². The molecule has 1 heterocycles. The monoisotopic (exact) mass is 386 g/mol. The summed E-state index contributed by atoms with van der Waals surface area (Å²) in [4.78, 5) is 27.4. The third kappa shape index (κ3) is 4.35. The maximum absolute atomic E-state index is 10.9. The van der Waals surface area contributed by atoms with Gasteiger partial charge in [-0.05, 0) is 12.3 Å². The van der Waals surface area contributed by atoms with Crippen molar-refractivity contribution in [2.45, 2.75) is 18.9 Å². The molecule has 0 radical (unpaired) electrons. The van der Waals surface area contributed by atoms with Crippen LogP contribution >= 0.6 is 0 Å². The van der Waals surface area contributed by atoms with E-state index in [-0.39, 0.29) is 59.1 Å². The quantitative estimate of drug-likeness (QED) is 0.478. The van der Waals surface area contributed by atoms with Crippen molar-refractivity contribution in [1.82, 2.24) is 4.90 Å². The SMILES string of the molecule is O=[C-]C(=Nc1[c-]cccc1)N1CCC1CC(=O)O.[Nd]. The Morgan fingerprint density at radius 3 is 2.84 bits per heavy atom. The van der Waals surface area contributed by atoms with Crippen molar-refractivity contribution in [2.75, 3.05) is 6.54 Å². The molecule has 0 amide bonds. The van der Waals surface area contributed by atoms with Crippen LogP contribution in [0.3, 0.4) is 0 Å². The number of aliphatic imine (C=N–C) groups is 1. The van der Waals surface area contributed by atoms with Gasteiger partial charge in [0.15, 0.2) is 0 Å². The van der Waals surface area contributed by atoms with Gasteiger partial charge < -0.3 is 14.8 Å². The topological polar surface area (TPSA) is 70.0 Å². The molecule has 0 bridgehead atoms. The van der Waals surface area contributed by atoms with Crippen LogP contribution in [0.5, 0.6) is 0 Å². The Labute approximate surface area is 144 Å². The number of carbonyl (C=O) groups is 1. The van der Waals surface area contributed by atoms with Crippen LogP contribution in [0.2, 0.25) is 0 Å². The van der Waals surface area contributed by atoms with Crippen molar-refractivity contribution in [3.05, 3.63) is 30.3 Å². The van der Waals surface area contributed by atoms with E-state index in [1.54, 1.807) is 35.5 Å². The molecule has 1 atom stereocenters. The predicted molar refractivity (Wildman–Crippen MR) is 65.4 cm³/mol. The summed E-state index contributed by atoms with van der Waals surface area (Å²) >= 11 is 0. The number of carbonyl (C=O) groups excluding carboxylic acids is 1. The van der Waals surface area contributed by atoms with Gasteiger partial charge in [-0.1, -0.05) is 5.69 Å². The van der Waals surface area contributed by atoms with Crippen LogP contribution in [0, 0.1) is 46.9 Å². The van der Waals surface area contributed by atoms with Crippen LogP contribution in [-0.2, 0) is 9.59 Å². The molecule has 0 spiro atoms. The molecule has 1 aliphatic rings. The summed E-state index contributed by atoms with van der Waals surface area (Å²) in [5.41, 5.74) is 0.539. The molecule has 1 aliphatic heterocycles. The van der Waals surface area contributed by atoms with E-state index in [2.05, 4.69) is 11.1 Å². The van der Waals surface area contributed by atoms with Crippen molar-refractivity contribution in [3.63, 3.8) is 0 Å². The third-order valence-corrected chi connectivity index (χ3v) is 2.84. The molecule has 1 aromatic rings. The van der Waals surface area contributed by atoms with Gasteiger partial charge in [-0.3, -0.25) is 9.79 Å². The van der Waals surface area contributed by atoms with Crippen molar-refractivity contribution in [2.24, 2.45) is 4.99 Å². The summed E-state index contributed by atoms with van der Waals surface area (Å²) in [5, 5.41) is 8.74. The summed E-state index contributed by atoms with van der Waals surface area (Å²) < 4.78 is 0. The van der Waals surface area contributed by atoms with E-state index in [0.29, 0.717) is 12.2 Å². The number of hydrogen-bond donors (Lipinski definition) is 1. The van der Waals surface area contributed by atoms with Crippen molar-refractivity contribution >= 4 is 23.8 Å². The summed E-state index contributed by atoms with van der Waals surface area (Å²) in [6, 6.07) is 9.75. The number of hydrogen-bond acceptors (Lipinski definition) is 3. The maximum Gasteiger partial charge on any atom is 0.305 e. The van der Waals surface area contributed by atoms with Crippen molar-refractivity contribution in [1.29, 1.82) is 0 Å². The molecular weight excluding hydrogens is 376 g/mol. The second-order valence-electron chi connectivity index (χ2n) is 4.02. The van der Waals surface area contributed by atoms with Gasteiger partial charge in [0.1, 0.15) is 0 Å². The average molecular weight is 388 g/mol. The standard InChI is InChI=1S/C13H12N2O3.Nd/c16-9-12(14-10-4-2-1-3-5-10)15-7-6-11(15)8-13(17)18;/h1-4,11H,6-8H2,(H,17,18);/q-2;. The molecule has 0 aliphatic carbocycles. The van der Waals surface area contributed by atoms with E-state index in [1.807, 2.05) is 0 Å². The number of carboxylic acids is 1. The molecule has 6 heteroatoms. The summed E-state index contributed by atoms with van der Waals surface area (Å²) in [6.45, 7) is 0.638. The van der Waals surface area contributed by atoms with E-state index >= 15 is 0 Å². The normalized spacial score (nSPS) is 18.2. The maximum atomic E-state index is 10.9. The summed E-state index contributed by atoms with van der Waals surface area (Å²) in [6.07, 6.45) is 2.54. The van der Waals surface area contributed by atoms with Crippen LogP contribution in [0.1, 0.15) is 12.8 Å². The Kier molecular flexibility index (Phi) is 6.57. The number of nitrogens with zero attached hydrogens (tertiary/aromatic N) is 2. The van der Waals surface area contributed by atoms with Crippen LogP contribution < -0.4 is 0 Å². The minimum absolute atomic E-state index is 0. The van der Waals surface area contributed by atoms with Crippen molar-refractivity contribution < 1.29 is 55.5 Å². The molecular formula is C13H12N2NdO3-2. The fourth-order valence-corrected chi connectivity index (χ4v) is 1.85. The molecule has 1 aromatic carbocycles. The molecule has 1 unspecified atom stereocenters. The molecule has 0 saturated carbocycles. The van der Waals surface area contributed by atoms with Gasteiger partial charge in [0.05, 0.1) is 6.42 Å². The smallest absolute Gasteiger partial charge is 0.305 e. The minimum atomic E-state index is -0.874. The Hall–Kier alpha value is -0.819. The Balaban J connectivity index is 0.00000180. The number of rotatable bonds is 4. The molecule has 1 N–H and O–H groups in total. The van der Waals surface area contributed by atoms with Gasteiger partial charge in [0.25, 0.3) is 0 Å². The van der Waals surface area contributed by atoms with E-state index < -0.39 is 5.97 Å². The molecule has 98 valence electrons. The zero-order valence-electron chi connectivity index (χ0n) is 10.2. The number of likely N-dealkylation sites (tertiary alicyclic amines) is 1. The summed E-state index contributed by atoms with van der Waals surface area (Å²) in [5.74, 6) is -0.726. The van der Waals surface area contributed by atoms with Crippen molar-refractivity contribution in [3.8, 4) is 0 Å². The first kappa shape index (κ1) is 16.2. The summed E-state index contributed by atoms with van der Waals surface area (Å²) in [7, 11) is 0. The van der Waals surface area contributed by atoms with Gasteiger partial charge in [-0.25, -0.2) is 0 Å². The fourth-order valence-electron chi connectivity index (χ4n) is 1.85. The van der Waals surface area contributed by atoms with Gasteiger partial charge in [-0.15, -0.1) is 6.07 Å². The van der Waals surface area contributed by atoms with Crippen LogP contribution in [-0.4, -0.2) is 40.7 Å². The minimum Gasteiger partial charge on any atom is -0.534 e. The first-order chi connectivity index (χ1) is 8.70. The second-order valence-corrected chi connectivity index (χ2v) is 4.02. The first-order valence-corrected chi connectivity index (χ1v) is 5.62. The largest absolute Gasteiger partial charge is 0.534 e. The zero-order valence-corrected chi connectivity index (χ0v) is 13.4. The number of para-hydroxylation sites is 1. The number of benzene rings is 1. The number of aliphatic carboxylic acids is 1. The second kappa shape index (κ2) is 7.69. The number of carboxylic acid groups (broad SMARTS) is 1.